The topological polar surface area (TPSA) is 62.2 Å². The molecule has 0 spiro atoms. The normalized spacial score (nSPS) is 10.2. The van der Waals surface area contributed by atoms with E-state index in [1.165, 1.54) is 11.3 Å². The number of anilines is 1. The van der Waals surface area contributed by atoms with Crippen molar-refractivity contribution in [1.29, 1.82) is 0 Å². The molecule has 0 aliphatic rings. The molecule has 0 aliphatic heterocycles. The summed E-state index contributed by atoms with van der Waals surface area (Å²) in [5, 5.41) is 12.2. The quantitative estimate of drug-likeness (QED) is 0.910. The SMILES string of the molecule is O=C(O)c1cc(Br)ccc1NCc1cncs1. The van der Waals surface area contributed by atoms with E-state index in [-0.39, 0.29) is 5.56 Å². The Morgan fingerprint density at radius 3 is 3.00 bits per heavy atom. The third-order valence-corrected chi connectivity index (χ3v) is 3.42. The summed E-state index contributed by atoms with van der Waals surface area (Å²) in [6.07, 6.45) is 1.76. The largest absolute Gasteiger partial charge is 0.478 e. The Balaban J connectivity index is 2.17. The van der Waals surface area contributed by atoms with Gasteiger partial charge in [-0.1, -0.05) is 15.9 Å². The highest BCUT2D eigenvalue weighted by molar-refractivity contribution is 9.10. The van der Waals surface area contributed by atoms with Gasteiger partial charge in [0.2, 0.25) is 0 Å². The molecule has 1 aromatic carbocycles. The number of benzene rings is 1. The van der Waals surface area contributed by atoms with Crippen molar-refractivity contribution >= 4 is 38.9 Å². The van der Waals surface area contributed by atoms with Gasteiger partial charge in [-0.3, -0.25) is 4.98 Å². The lowest BCUT2D eigenvalue weighted by atomic mass is 10.2. The fourth-order valence-corrected chi connectivity index (χ4v) is 2.25. The number of hydrogen-bond acceptors (Lipinski definition) is 4. The number of hydrogen-bond donors (Lipinski definition) is 2. The summed E-state index contributed by atoms with van der Waals surface area (Å²) in [7, 11) is 0. The first kappa shape index (κ1) is 12.1. The summed E-state index contributed by atoms with van der Waals surface area (Å²) < 4.78 is 0.748. The van der Waals surface area contributed by atoms with Crippen LogP contribution in [-0.2, 0) is 6.54 Å². The maximum absolute atomic E-state index is 11.1. The second kappa shape index (κ2) is 5.29. The molecule has 1 heterocycles. The Kier molecular flexibility index (Phi) is 3.75. The first-order chi connectivity index (χ1) is 8.16. The molecular weight excluding hydrogens is 304 g/mol. The first-order valence-corrected chi connectivity index (χ1v) is 6.48. The van der Waals surface area contributed by atoms with Crippen LogP contribution in [0.4, 0.5) is 5.69 Å². The average molecular weight is 313 g/mol. The van der Waals surface area contributed by atoms with Crippen molar-refractivity contribution in [2.24, 2.45) is 0 Å². The van der Waals surface area contributed by atoms with Crippen molar-refractivity contribution in [3.8, 4) is 0 Å². The van der Waals surface area contributed by atoms with E-state index in [0.717, 1.165) is 9.35 Å². The fraction of sp³-hybridized carbons (Fsp3) is 0.0909. The van der Waals surface area contributed by atoms with Gasteiger partial charge in [0.25, 0.3) is 0 Å². The molecule has 0 fully saturated rings. The van der Waals surface area contributed by atoms with E-state index in [0.29, 0.717) is 12.2 Å². The molecule has 0 saturated heterocycles. The van der Waals surface area contributed by atoms with E-state index >= 15 is 0 Å². The van der Waals surface area contributed by atoms with Gasteiger partial charge in [-0.05, 0) is 18.2 Å². The molecule has 6 heteroatoms. The fourth-order valence-electron chi connectivity index (χ4n) is 1.36. The minimum Gasteiger partial charge on any atom is -0.478 e. The third-order valence-electron chi connectivity index (χ3n) is 2.15. The number of aromatic nitrogens is 1. The second-order valence-electron chi connectivity index (χ2n) is 3.32. The van der Waals surface area contributed by atoms with Crippen molar-refractivity contribution in [3.63, 3.8) is 0 Å². The number of nitrogens with one attached hydrogen (secondary N) is 1. The first-order valence-electron chi connectivity index (χ1n) is 4.81. The zero-order chi connectivity index (χ0) is 12.3. The van der Waals surface area contributed by atoms with E-state index in [9.17, 15) is 4.79 Å². The molecular formula is C11H9BrN2O2S. The van der Waals surface area contributed by atoms with Crippen LogP contribution in [0.2, 0.25) is 0 Å². The van der Waals surface area contributed by atoms with Gasteiger partial charge in [0.1, 0.15) is 0 Å². The Bertz CT molecular complexity index is 528. The number of halogens is 1. The van der Waals surface area contributed by atoms with Gasteiger partial charge in [0.15, 0.2) is 0 Å². The van der Waals surface area contributed by atoms with Crippen molar-refractivity contribution in [3.05, 3.63) is 44.8 Å². The number of carbonyl (C=O) groups is 1. The molecule has 0 saturated carbocycles. The van der Waals surface area contributed by atoms with E-state index in [2.05, 4.69) is 26.2 Å². The minimum absolute atomic E-state index is 0.254. The van der Waals surface area contributed by atoms with Gasteiger partial charge >= 0.3 is 5.97 Å². The predicted molar refractivity (Wildman–Crippen MR) is 70.5 cm³/mol. The van der Waals surface area contributed by atoms with Gasteiger partial charge in [-0.25, -0.2) is 4.79 Å². The van der Waals surface area contributed by atoms with Gasteiger partial charge in [-0.15, -0.1) is 11.3 Å². The number of carboxylic acids is 1. The summed E-state index contributed by atoms with van der Waals surface area (Å²) in [4.78, 5) is 16.1. The Labute approximate surface area is 110 Å². The van der Waals surface area contributed by atoms with E-state index in [1.54, 1.807) is 29.9 Å². The molecule has 0 radical (unpaired) electrons. The van der Waals surface area contributed by atoms with Crippen LogP contribution in [0.25, 0.3) is 0 Å². The highest BCUT2D eigenvalue weighted by atomic mass is 79.9. The maximum Gasteiger partial charge on any atom is 0.337 e. The zero-order valence-electron chi connectivity index (χ0n) is 8.68. The molecule has 88 valence electrons. The maximum atomic E-state index is 11.1. The number of thiazole rings is 1. The Morgan fingerprint density at radius 2 is 2.35 bits per heavy atom. The van der Waals surface area contributed by atoms with Crippen LogP contribution in [-0.4, -0.2) is 16.1 Å². The molecule has 0 atom stereocenters. The summed E-state index contributed by atoms with van der Waals surface area (Å²) in [6.45, 7) is 0.576. The van der Waals surface area contributed by atoms with Crippen LogP contribution in [0.5, 0.6) is 0 Å². The molecule has 0 aliphatic carbocycles. The lowest BCUT2D eigenvalue weighted by molar-refractivity contribution is 0.0698. The summed E-state index contributed by atoms with van der Waals surface area (Å²) in [5.41, 5.74) is 2.61. The molecule has 2 rings (SSSR count). The zero-order valence-corrected chi connectivity index (χ0v) is 11.1. The van der Waals surface area contributed by atoms with Gasteiger partial charge in [-0.2, -0.15) is 0 Å². The summed E-state index contributed by atoms with van der Waals surface area (Å²) in [5.74, 6) is -0.946. The Morgan fingerprint density at radius 1 is 1.53 bits per heavy atom. The smallest absolute Gasteiger partial charge is 0.337 e. The molecule has 0 unspecified atom stereocenters. The van der Waals surface area contributed by atoms with Crippen LogP contribution in [0.1, 0.15) is 15.2 Å². The highest BCUT2D eigenvalue weighted by Crippen LogP contribution is 2.22. The summed E-state index contributed by atoms with van der Waals surface area (Å²) in [6, 6.07) is 5.13. The lowest BCUT2D eigenvalue weighted by Crippen LogP contribution is -2.05. The molecule has 2 N–H and O–H groups in total. The average Bonchev–Trinajstić information content (AvgIpc) is 2.80. The van der Waals surface area contributed by atoms with E-state index in [4.69, 9.17) is 5.11 Å². The Hall–Kier alpha value is -1.40. The third kappa shape index (κ3) is 3.04. The molecule has 4 nitrogen and oxygen atoms in total. The van der Waals surface area contributed by atoms with E-state index < -0.39 is 5.97 Å². The van der Waals surface area contributed by atoms with Crippen molar-refractivity contribution in [2.75, 3.05) is 5.32 Å². The number of carboxylic acid groups (broad SMARTS) is 1. The monoisotopic (exact) mass is 312 g/mol. The van der Waals surface area contributed by atoms with Crippen LogP contribution < -0.4 is 5.32 Å². The standard InChI is InChI=1S/C11H9BrN2O2S/c12-7-1-2-10(9(3-7)11(15)16)14-5-8-4-13-6-17-8/h1-4,6,14H,5H2,(H,15,16). The van der Waals surface area contributed by atoms with Crippen LogP contribution in [0, 0.1) is 0 Å². The number of rotatable bonds is 4. The lowest BCUT2D eigenvalue weighted by Gasteiger charge is -2.08. The van der Waals surface area contributed by atoms with Crippen LogP contribution in [0.15, 0.2) is 34.4 Å². The summed E-state index contributed by atoms with van der Waals surface area (Å²) >= 11 is 4.78. The van der Waals surface area contributed by atoms with Crippen LogP contribution in [0.3, 0.4) is 0 Å². The minimum atomic E-state index is -0.946. The van der Waals surface area contributed by atoms with Crippen molar-refractivity contribution in [1.82, 2.24) is 4.98 Å². The number of nitrogens with zero attached hydrogens (tertiary/aromatic N) is 1. The van der Waals surface area contributed by atoms with Crippen molar-refractivity contribution in [2.45, 2.75) is 6.54 Å². The highest BCUT2D eigenvalue weighted by Gasteiger charge is 2.10. The van der Waals surface area contributed by atoms with Gasteiger partial charge in [0.05, 0.1) is 17.6 Å². The molecule has 2 aromatic rings. The number of aromatic carboxylic acids is 1. The van der Waals surface area contributed by atoms with Crippen LogP contribution >= 0.6 is 27.3 Å². The molecule has 0 amide bonds. The predicted octanol–water partition coefficient (Wildman–Crippen LogP) is 3.22. The van der Waals surface area contributed by atoms with Crippen molar-refractivity contribution < 1.29 is 9.90 Å². The molecule has 0 bridgehead atoms. The van der Waals surface area contributed by atoms with Gasteiger partial charge in [0, 0.05) is 21.2 Å². The molecule has 1 aromatic heterocycles. The van der Waals surface area contributed by atoms with E-state index in [1.807, 2.05) is 0 Å². The molecule has 17 heavy (non-hydrogen) atoms. The van der Waals surface area contributed by atoms with Gasteiger partial charge < -0.3 is 10.4 Å². The second-order valence-corrected chi connectivity index (χ2v) is 5.20.